The van der Waals surface area contributed by atoms with Gasteiger partial charge < -0.3 is 20.1 Å². The first-order valence-corrected chi connectivity index (χ1v) is 10.8. The third-order valence-corrected chi connectivity index (χ3v) is 4.68. The maximum absolute atomic E-state index is 12.2. The number of rotatable bonds is 17. The highest BCUT2D eigenvalue weighted by atomic mass is 16.5. The molecule has 0 fully saturated rings. The molecule has 1 unspecified atom stereocenters. The van der Waals surface area contributed by atoms with Crippen LogP contribution in [0.25, 0.3) is 0 Å². The zero-order chi connectivity index (χ0) is 22.2. The number of carbonyl (C=O) groups is 2. The van der Waals surface area contributed by atoms with Crippen LogP contribution < -0.4 is 10.6 Å². The van der Waals surface area contributed by atoms with E-state index in [2.05, 4.69) is 10.6 Å². The Morgan fingerprint density at radius 3 is 2.50 bits per heavy atom. The Bertz CT molecular complexity index is 643. The molecule has 1 rings (SSSR count). The van der Waals surface area contributed by atoms with Crippen molar-refractivity contribution in [2.75, 3.05) is 39.5 Å². The van der Waals surface area contributed by atoms with E-state index in [4.69, 9.17) is 9.47 Å². The van der Waals surface area contributed by atoms with Crippen molar-refractivity contribution < 1.29 is 19.1 Å². The average Bonchev–Trinajstić information content (AvgIpc) is 2.72. The van der Waals surface area contributed by atoms with Gasteiger partial charge in [-0.05, 0) is 47.1 Å². The highest BCUT2D eigenvalue weighted by Gasteiger charge is 2.15. The maximum Gasteiger partial charge on any atom is 0.176 e. The first-order valence-electron chi connectivity index (χ1n) is 10.8. The summed E-state index contributed by atoms with van der Waals surface area (Å²) < 4.78 is 10.7. The zero-order valence-corrected chi connectivity index (χ0v) is 18.9. The van der Waals surface area contributed by atoms with Crippen molar-refractivity contribution in [2.45, 2.75) is 52.6 Å². The average molecular weight is 419 g/mol. The Hall–Kier alpha value is -1.86. The third kappa shape index (κ3) is 12.0. The van der Waals surface area contributed by atoms with Gasteiger partial charge >= 0.3 is 0 Å². The fraction of sp³-hybridized carbons (Fsp3) is 0.583. The highest BCUT2D eigenvalue weighted by molar-refractivity contribution is 5.97. The molecular formula is C24H38N2O4. The van der Waals surface area contributed by atoms with Crippen LogP contribution in [0.15, 0.2) is 36.4 Å². The lowest BCUT2D eigenvalue weighted by Crippen LogP contribution is -2.40. The summed E-state index contributed by atoms with van der Waals surface area (Å²) in [5.74, 6) is 0.206. The number of hydrogen-bond donors (Lipinski definition) is 2. The lowest BCUT2D eigenvalue weighted by Gasteiger charge is -2.19. The third-order valence-electron chi connectivity index (χ3n) is 4.68. The number of carbonyl (C=O) groups excluding carboxylic acids is 2. The Labute approximate surface area is 181 Å². The van der Waals surface area contributed by atoms with E-state index >= 15 is 0 Å². The molecular weight excluding hydrogens is 380 g/mol. The molecule has 1 aromatic rings. The van der Waals surface area contributed by atoms with Gasteiger partial charge in [-0.3, -0.25) is 9.59 Å². The molecule has 0 saturated heterocycles. The Morgan fingerprint density at radius 1 is 1.13 bits per heavy atom. The van der Waals surface area contributed by atoms with E-state index in [0.717, 1.165) is 24.0 Å². The van der Waals surface area contributed by atoms with Gasteiger partial charge in [-0.2, -0.15) is 0 Å². The Balaban J connectivity index is 2.22. The van der Waals surface area contributed by atoms with Crippen LogP contribution in [0.1, 0.15) is 49.5 Å². The second-order valence-corrected chi connectivity index (χ2v) is 7.43. The molecule has 2 N–H and O–H groups in total. The summed E-state index contributed by atoms with van der Waals surface area (Å²) in [5.41, 5.74) is 1.86. The summed E-state index contributed by atoms with van der Waals surface area (Å²) in [7, 11) is 0. The van der Waals surface area contributed by atoms with Gasteiger partial charge in [-0.25, -0.2) is 0 Å². The minimum absolute atomic E-state index is 0.0745. The summed E-state index contributed by atoms with van der Waals surface area (Å²) in [5, 5.41) is 6.53. The molecule has 0 aliphatic rings. The molecule has 0 amide bonds. The molecule has 30 heavy (non-hydrogen) atoms. The maximum atomic E-state index is 12.2. The highest BCUT2D eigenvalue weighted by Crippen LogP contribution is 2.04. The minimum Gasteiger partial charge on any atom is -0.379 e. The second kappa shape index (κ2) is 15.9. The fourth-order valence-electron chi connectivity index (χ4n) is 2.92. The predicted octanol–water partition coefficient (Wildman–Crippen LogP) is 3.09. The minimum atomic E-state index is -0.196. The molecule has 0 radical (unpaired) electrons. The molecule has 0 aromatic heterocycles. The summed E-state index contributed by atoms with van der Waals surface area (Å²) in [6.07, 6.45) is 5.51. The standard InChI is InChI=1S/C24H38N2O4/c1-5-29-16-17-30-15-7-8-20(3)26-23(21(4)27)9-6-14-25-18-24(28)22-12-10-19(2)11-13-22/h7-8,10-13,20,23,25-26H,5-6,9,14-18H2,1-4H3/b8-7+/t20?,23-/m0/s1. The number of ether oxygens (including phenoxy) is 2. The summed E-state index contributed by atoms with van der Waals surface area (Å²) >= 11 is 0. The SMILES string of the molecule is CCOCCOC/C=C/C(C)N[C@@H](CCCNCC(=O)c1ccc(C)cc1)C(C)=O. The van der Waals surface area contributed by atoms with E-state index in [1.807, 2.05) is 57.2 Å². The van der Waals surface area contributed by atoms with Crippen LogP contribution in [-0.2, 0) is 14.3 Å². The van der Waals surface area contributed by atoms with Crippen LogP contribution in [0.5, 0.6) is 0 Å². The number of aryl methyl sites for hydroxylation is 1. The van der Waals surface area contributed by atoms with Crippen molar-refractivity contribution in [1.29, 1.82) is 0 Å². The first-order chi connectivity index (χ1) is 14.4. The second-order valence-electron chi connectivity index (χ2n) is 7.43. The summed E-state index contributed by atoms with van der Waals surface area (Å²) in [6.45, 7) is 11.0. The van der Waals surface area contributed by atoms with Gasteiger partial charge in [-0.1, -0.05) is 42.0 Å². The molecule has 0 heterocycles. The predicted molar refractivity (Wildman–Crippen MR) is 121 cm³/mol. The van der Waals surface area contributed by atoms with Crippen LogP contribution in [0, 0.1) is 6.92 Å². The molecule has 0 aliphatic heterocycles. The van der Waals surface area contributed by atoms with Gasteiger partial charge in [0.05, 0.1) is 32.4 Å². The first kappa shape index (κ1) is 26.2. The molecule has 6 heteroatoms. The van der Waals surface area contributed by atoms with Crippen molar-refractivity contribution in [3.63, 3.8) is 0 Å². The van der Waals surface area contributed by atoms with Crippen molar-refractivity contribution in [3.05, 3.63) is 47.5 Å². The van der Waals surface area contributed by atoms with Gasteiger partial charge in [-0.15, -0.1) is 0 Å². The van der Waals surface area contributed by atoms with Crippen LogP contribution in [0.2, 0.25) is 0 Å². The Morgan fingerprint density at radius 2 is 1.83 bits per heavy atom. The van der Waals surface area contributed by atoms with E-state index in [-0.39, 0.29) is 23.7 Å². The van der Waals surface area contributed by atoms with Gasteiger partial charge in [0.25, 0.3) is 0 Å². The van der Waals surface area contributed by atoms with E-state index in [1.165, 1.54) is 0 Å². The smallest absolute Gasteiger partial charge is 0.176 e. The van der Waals surface area contributed by atoms with Gasteiger partial charge in [0, 0.05) is 18.2 Å². The number of hydrogen-bond acceptors (Lipinski definition) is 6. The van der Waals surface area contributed by atoms with Crippen LogP contribution >= 0.6 is 0 Å². The van der Waals surface area contributed by atoms with Gasteiger partial charge in [0.15, 0.2) is 5.78 Å². The molecule has 1 aromatic carbocycles. The number of nitrogens with one attached hydrogen (secondary N) is 2. The monoisotopic (exact) mass is 418 g/mol. The molecule has 0 saturated carbocycles. The van der Waals surface area contributed by atoms with Gasteiger partial charge in [0.1, 0.15) is 5.78 Å². The fourth-order valence-corrected chi connectivity index (χ4v) is 2.92. The summed E-state index contributed by atoms with van der Waals surface area (Å²) in [4.78, 5) is 24.1. The van der Waals surface area contributed by atoms with Crippen LogP contribution in [0.3, 0.4) is 0 Å². The zero-order valence-electron chi connectivity index (χ0n) is 18.9. The lowest BCUT2D eigenvalue weighted by atomic mass is 10.1. The normalized spacial score (nSPS) is 13.5. The molecule has 0 bridgehead atoms. The summed E-state index contributed by atoms with van der Waals surface area (Å²) in [6, 6.07) is 7.48. The van der Waals surface area contributed by atoms with Crippen molar-refractivity contribution in [2.24, 2.45) is 0 Å². The van der Waals surface area contributed by atoms with Crippen molar-refractivity contribution >= 4 is 11.6 Å². The number of benzene rings is 1. The quantitative estimate of drug-likeness (QED) is 0.230. The lowest BCUT2D eigenvalue weighted by molar-refractivity contribution is -0.119. The molecule has 168 valence electrons. The van der Waals surface area contributed by atoms with Crippen molar-refractivity contribution in [1.82, 2.24) is 10.6 Å². The molecule has 0 spiro atoms. The van der Waals surface area contributed by atoms with Gasteiger partial charge in [0.2, 0.25) is 0 Å². The largest absolute Gasteiger partial charge is 0.379 e. The van der Waals surface area contributed by atoms with E-state index in [1.54, 1.807) is 6.92 Å². The molecule has 6 nitrogen and oxygen atoms in total. The number of Topliss-reactive ketones (excluding diaryl/α,β-unsaturated/α-hetero) is 2. The molecule has 0 aliphatic carbocycles. The van der Waals surface area contributed by atoms with E-state index in [0.29, 0.717) is 39.5 Å². The Kier molecular flexibility index (Phi) is 13.9. The van der Waals surface area contributed by atoms with Crippen LogP contribution in [0.4, 0.5) is 0 Å². The molecule has 2 atom stereocenters. The number of ketones is 2. The van der Waals surface area contributed by atoms with E-state index < -0.39 is 0 Å². The van der Waals surface area contributed by atoms with Crippen molar-refractivity contribution in [3.8, 4) is 0 Å². The van der Waals surface area contributed by atoms with E-state index in [9.17, 15) is 9.59 Å². The topological polar surface area (TPSA) is 76.7 Å². The van der Waals surface area contributed by atoms with Crippen LogP contribution in [-0.4, -0.2) is 63.2 Å².